The first-order chi connectivity index (χ1) is 9.83. The van der Waals surface area contributed by atoms with Gasteiger partial charge in [-0.05, 0) is 37.6 Å². The van der Waals surface area contributed by atoms with Crippen molar-refractivity contribution in [3.05, 3.63) is 36.5 Å². The quantitative estimate of drug-likeness (QED) is 0.816. The van der Waals surface area contributed by atoms with E-state index in [-0.39, 0.29) is 24.4 Å². The van der Waals surface area contributed by atoms with E-state index in [4.69, 9.17) is 0 Å². The number of halogens is 1. The van der Waals surface area contributed by atoms with Gasteiger partial charge in [0.05, 0.1) is 11.7 Å². The number of nitrogens with zero attached hydrogens (tertiary/aromatic N) is 1. The van der Waals surface area contributed by atoms with Crippen LogP contribution >= 0.6 is 12.4 Å². The summed E-state index contributed by atoms with van der Waals surface area (Å²) in [4.78, 5) is 12.2. The zero-order valence-electron chi connectivity index (χ0n) is 11.6. The lowest BCUT2D eigenvalue weighted by atomic mass is 10.0. The molecule has 3 rings (SSSR count). The van der Waals surface area contributed by atoms with Gasteiger partial charge in [-0.2, -0.15) is 5.10 Å². The van der Waals surface area contributed by atoms with E-state index in [2.05, 4.69) is 20.8 Å². The number of nitrogens with one attached hydrogen (secondary N) is 3. The van der Waals surface area contributed by atoms with Crippen molar-refractivity contribution < 1.29 is 4.79 Å². The SMILES string of the molecule is Cl.O=C(Nc1cccc(-c2ccn[nH]2)c1)[C@@H]1CCCCN1. The summed E-state index contributed by atoms with van der Waals surface area (Å²) in [5, 5.41) is 13.1. The highest BCUT2D eigenvalue weighted by molar-refractivity contribution is 5.95. The van der Waals surface area contributed by atoms with E-state index in [1.54, 1.807) is 6.20 Å². The fourth-order valence-electron chi connectivity index (χ4n) is 2.49. The van der Waals surface area contributed by atoms with Crippen molar-refractivity contribution in [1.82, 2.24) is 15.5 Å². The molecule has 112 valence electrons. The molecule has 1 fully saturated rings. The Morgan fingerprint density at radius 1 is 1.29 bits per heavy atom. The zero-order chi connectivity index (χ0) is 13.8. The largest absolute Gasteiger partial charge is 0.325 e. The molecule has 3 N–H and O–H groups in total. The number of aromatic amines is 1. The van der Waals surface area contributed by atoms with Crippen molar-refractivity contribution >= 4 is 24.0 Å². The highest BCUT2D eigenvalue weighted by Crippen LogP contribution is 2.20. The third-order valence-electron chi connectivity index (χ3n) is 3.57. The predicted molar refractivity (Wildman–Crippen MR) is 85.5 cm³/mol. The second-order valence-corrected chi connectivity index (χ2v) is 5.04. The molecule has 1 aliphatic heterocycles. The van der Waals surface area contributed by atoms with E-state index in [0.29, 0.717) is 0 Å². The second-order valence-electron chi connectivity index (χ2n) is 5.04. The predicted octanol–water partition coefficient (Wildman–Crippen LogP) is 2.58. The number of hydrogen-bond donors (Lipinski definition) is 3. The fourth-order valence-corrected chi connectivity index (χ4v) is 2.49. The van der Waals surface area contributed by atoms with E-state index in [0.717, 1.165) is 42.8 Å². The Labute approximate surface area is 129 Å². The van der Waals surface area contributed by atoms with Crippen LogP contribution in [0.1, 0.15) is 19.3 Å². The van der Waals surface area contributed by atoms with Gasteiger partial charge in [-0.15, -0.1) is 12.4 Å². The van der Waals surface area contributed by atoms with Crippen LogP contribution in [0.2, 0.25) is 0 Å². The molecular weight excluding hydrogens is 288 g/mol. The lowest BCUT2D eigenvalue weighted by Gasteiger charge is -2.22. The minimum Gasteiger partial charge on any atom is -0.325 e. The molecule has 0 saturated carbocycles. The van der Waals surface area contributed by atoms with Gasteiger partial charge in [0, 0.05) is 17.4 Å². The normalized spacial score (nSPS) is 17.8. The first-order valence-corrected chi connectivity index (χ1v) is 6.97. The number of hydrogen-bond acceptors (Lipinski definition) is 3. The molecule has 2 heterocycles. The van der Waals surface area contributed by atoms with Crippen LogP contribution in [0, 0.1) is 0 Å². The maximum atomic E-state index is 12.2. The summed E-state index contributed by atoms with van der Waals surface area (Å²) < 4.78 is 0. The van der Waals surface area contributed by atoms with Gasteiger partial charge in [0.15, 0.2) is 0 Å². The van der Waals surface area contributed by atoms with Gasteiger partial charge in [-0.3, -0.25) is 9.89 Å². The number of aromatic nitrogens is 2. The molecule has 0 unspecified atom stereocenters. The smallest absolute Gasteiger partial charge is 0.241 e. The van der Waals surface area contributed by atoms with Gasteiger partial charge >= 0.3 is 0 Å². The van der Waals surface area contributed by atoms with E-state index < -0.39 is 0 Å². The molecule has 1 atom stereocenters. The molecule has 21 heavy (non-hydrogen) atoms. The van der Waals surface area contributed by atoms with Gasteiger partial charge in [0.1, 0.15) is 0 Å². The van der Waals surface area contributed by atoms with Crippen LogP contribution in [0.4, 0.5) is 5.69 Å². The summed E-state index contributed by atoms with van der Waals surface area (Å²) in [5.41, 5.74) is 2.77. The van der Waals surface area contributed by atoms with Gasteiger partial charge < -0.3 is 10.6 Å². The van der Waals surface area contributed by atoms with Crippen LogP contribution in [0.3, 0.4) is 0 Å². The average molecular weight is 307 g/mol. The van der Waals surface area contributed by atoms with E-state index in [1.807, 2.05) is 30.3 Å². The maximum Gasteiger partial charge on any atom is 0.241 e. The highest BCUT2D eigenvalue weighted by atomic mass is 35.5. The lowest BCUT2D eigenvalue weighted by Crippen LogP contribution is -2.43. The highest BCUT2D eigenvalue weighted by Gasteiger charge is 2.20. The standard InChI is InChI=1S/C15H18N4O.ClH/c20-15(14-6-1-2-8-16-14)18-12-5-3-4-11(10-12)13-7-9-17-19-13;/h3-5,7,9-10,14,16H,1-2,6,8H2,(H,17,19)(H,18,20);1H/t14-;/m0./s1. The molecule has 1 aromatic carbocycles. The number of amides is 1. The van der Waals surface area contributed by atoms with Gasteiger partial charge in [-0.25, -0.2) is 0 Å². The number of anilines is 1. The van der Waals surface area contributed by atoms with Gasteiger partial charge in [0.2, 0.25) is 5.91 Å². The number of rotatable bonds is 3. The Morgan fingerprint density at radius 2 is 2.19 bits per heavy atom. The summed E-state index contributed by atoms with van der Waals surface area (Å²) >= 11 is 0. The molecule has 6 heteroatoms. The number of carbonyl (C=O) groups is 1. The van der Waals surface area contributed by atoms with Crippen molar-refractivity contribution in [3.63, 3.8) is 0 Å². The summed E-state index contributed by atoms with van der Waals surface area (Å²) in [6.07, 6.45) is 4.89. The second kappa shape index (κ2) is 7.24. The van der Waals surface area contributed by atoms with Crippen LogP contribution < -0.4 is 10.6 Å². The van der Waals surface area contributed by atoms with E-state index in [9.17, 15) is 4.79 Å². The molecule has 0 aliphatic carbocycles. The Balaban J connectivity index is 0.00000161. The van der Waals surface area contributed by atoms with Crippen LogP contribution in [0.5, 0.6) is 0 Å². The molecule has 5 nitrogen and oxygen atoms in total. The van der Waals surface area contributed by atoms with Crippen LogP contribution in [-0.2, 0) is 4.79 Å². The van der Waals surface area contributed by atoms with Crippen LogP contribution in [-0.4, -0.2) is 28.7 Å². The van der Waals surface area contributed by atoms with Crippen LogP contribution in [0.25, 0.3) is 11.3 Å². The first-order valence-electron chi connectivity index (χ1n) is 6.97. The Hall–Kier alpha value is -1.85. The summed E-state index contributed by atoms with van der Waals surface area (Å²) in [7, 11) is 0. The van der Waals surface area contributed by atoms with Crippen molar-refractivity contribution in [2.24, 2.45) is 0 Å². The molecular formula is C15H19ClN4O. The summed E-state index contributed by atoms with van der Waals surface area (Å²) in [5.74, 6) is 0.0476. The molecule has 0 radical (unpaired) electrons. The Bertz CT molecular complexity index is 579. The summed E-state index contributed by atoms with van der Waals surface area (Å²) in [6, 6.07) is 9.61. The van der Waals surface area contributed by atoms with Gasteiger partial charge in [0.25, 0.3) is 0 Å². The third kappa shape index (κ3) is 3.83. The molecule has 0 bridgehead atoms. The third-order valence-corrected chi connectivity index (χ3v) is 3.57. The number of benzene rings is 1. The van der Waals surface area contributed by atoms with Crippen molar-refractivity contribution in [2.75, 3.05) is 11.9 Å². The monoisotopic (exact) mass is 306 g/mol. The van der Waals surface area contributed by atoms with Crippen molar-refractivity contribution in [3.8, 4) is 11.3 Å². The van der Waals surface area contributed by atoms with Crippen molar-refractivity contribution in [2.45, 2.75) is 25.3 Å². The zero-order valence-corrected chi connectivity index (χ0v) is 12.5. The van der Waals surface area contributed by atoms with E-state index in [1.165, 1.54) is 0 Å². The molecule has 2 aromatic rings. The van der Waals surface area contributed by atoms with Crippen LogP contribution in [0.15, 0.2) is 36.5 Å². The first kappa shape index (κ1) is 15.5. The number of H-pyrrole nitrogens is 1. The average Bonchev–Trinajstić information content (AvgIpc) is 3.03. The molecule has 1 amide bonds. The van der Waals surface area contributed by atoms with E-state index >= 15 is 0 Å². The molecule has 1 aliphatic rings. The topological polar surface area (TPSA) is 69.8 Å². The minimum atomic E-state index is -0.0699. The van der Waals surface area contributed by atoms with Crippen molar-refractivity contribution in [1.29, 1.82) is 0 Å². The molecule has 0 spiro atoms. The Morgan fingerprint density at radius 3 is 2.90 bits per heavy atom. The molecule has 1 aromatic heterocycles. The number of piperidine rings is 1. The maximum absolute atomic E-state index is 12.2. The fraction of sp³-hybridized carbons (Fsp3) is 0.333. The molecule has 1 saturated heterocycles. The number of carbonyl (C=O) groups excluding carboxylic acids is 1. The Kier molecular flexibility index (Phi) is 5.36. The minimum absolute atomic E-state index is 0. The lowest BCUT2D eigenvalue weighted by molar-refractivity contribution is -0.118. The van der Waals surface area contributed by atoms with Gasteiger partial charge in [-0.1, -0.05) is 18.6 Å². The summed E-state index contributed by atoms with van der Waals surface area (Å²) in [6.45, 7) is 0.923.